The molecule has 0 radical (unpaired) electrons. The summed E-state index contributed by atoms with van der Waals surface area (Å²) in [5.74, 6) is 1.20. The third-order valence-corrected chi connectivity index (χ3v) is 5.02. The quantitative estimate of drug-likeness (QED) is 0.892. The molecule has 1 aromatic heterocycles. The van der Waals surface area contributed by atoms with E-state index >= 15 is 0 Å². The van der Waals surface area contributed by atoms with Crippen LogP contribution in [0.4, 0.5) is 0 Å². The molecule has 0 aliphatic carbocycles. The van der Waals surface area contributed by atoms with Crippen molar-refractivity contribution in [3.8, 4) is 5.75 Å². The van der Waals surface area contributed by atoms with E-state index in [1.54, 1.807) is 13.2 Å². The molecule has 1 amide bonds. The van der Waals surface area contributed by atoms with E-state index in [1.165, 1.54) is 11.3 Å². The van der Waals surface area contributed by atoms with Gasteiger partial charge >= 0.3 is 0 Å². The topological polar surface area (TPSA) is 50.4 Å². The molecule has 1 aromatic rings. The van der Waals surface area contributed by atoms with Gasteiger partial charge < -0.3 is 15.4 Å². The Morgan fingerprint density at radius 3 is 3.06 bits per heavy atom. The minimum Gasteiger partial charge on any atom is -0.495 e. The number of carbonyl (C=O) groups excluding carboxylic acids is 1. The Hall–Kier alpha value is -0.590. The van der Waals surface area contributed by atoms with E-state index in [1.807, 2.05) is 0 Å². The maximum absolute atomic E-state index is 12.1. The second-order valence-corrected chi connectivity index (χ2v) is 6.87. The lowest BCUT2D eigenvalue weighted by atomic mass is 9.95. The second kappa shape index (κ2) is 6.04. The second-order valence-electron chi connectivity index (χ2n) is 4.50. The van der Waals surface area contributed by atoms with Gasteiger partial charge in [0.05, 0.1) is 12.0 Å². The van der Waals surface area contributed by atoms with E-state index in [2.05, 4.69) is 33.5 Å². The molecule has 2 atom stereocenters. The standard InChI is InChI=1S/C12H17BrN2O2S/c1-7-3-4-14-6-8(7)15-12(16)10-5-9(17-2)11(13)18-10/h5,7-8,14H,3-4,6H2,1-2H3,(H,15,16). The third kappa shape index (κ3) is 3.05. The third-order valence-electron chi connectivity index (χ3n) is 3.24. The van der Waals surface area contributed by atoms with Crippen molar-refractivity contribution in [1.82, 2.24) is 10.6 Å². The highest BCUT2D eigenvalue weighted by atomic mass is 79.9. The average molecular weight is 333 g/mol. The van der Waals surface area contributed by atoms with Crippen molar-refractivity contribution in [2.24, 2.45) is 5.92 Å². The first-order chi connectivity index (χ1) is 8.61. The lowest BCUT2D eigenvalue weighted by Crippen LogP contribution is -2.50. The van der Waals surface area contributed by atoms with Gasteiger partial charge in [0, 0.05) is 18.7 Å². The van der Waals surface area contributed by atoms with Crippen LogP contribution in [-0.2, 0) is 0 Å². The van der Waals surface area contributed by atoms with Gasteiger partial charge in [0.1, 0.15) is 9.54 Å². The van der Waals surface area contributed by atoms with E-state index in [4.69, 9.17) is 4.74 Å². The summed E-state index contributed by atoms with van der Waals surface area (Å²) in [6.45, 7) is 4.05. The van der Waals surface area contributed by atoms with Crippen molar-refractivity contribution in [3.63, 3.8) is 0 Å². The summed E-state index contributed by atoms with van der Waals surface area (Å²) in [5.41, 5.74) is 0. The first kappa shape index (κ1) is 13.8. The molecule has 4 nitrogen and oxygen atoms in total. The van der Waals surface area contributed by atoms with Gasteiger partial charge in [-0.05, 0) is 34.8 Å². The van der Waals surface area contributed by atoms with E-state index in [9.17, 15) is 4.79 Å². The lowest BCUT2D eigenvalue weighted by molar-refractivity contribution is 0.0919. The number of thiophene rings is 1. The van der Waals surface area contributed by atoms with Crippen molar-refractivity contribution >= 4 is 33.2 Å². The van der Waals surface area contributed by atoms with E-state index in [0.717, 1.165) is 23.3 Å². The fourth-order valence-corrected chi connectivity index (χ4v) is 3.58. The van der Waals surface area contributed by atoms with Crippen molar-refractivity contribution in [3.05, 3.63) is 14.7 Å². The summed E-state index contributed by atoms with van der Waals surface area (Å²) in [6, 6.07) is 1.98. The van der Waals surface area contributed by atoms with Crippen LogP contribution >= 0.6 is 27.3 Å². The molecule has 1 aliphatic rings. The molecule has 100 valence electrons. The summed E-state index contributed by atoms with van der Waals surface area (Å²) in [5, 5.41) is 6.39. The number of hydrogen-bond acceptors (Lipinski definition) is 4. The Labute approximate surface area is 119 Å². The largest absolute Gasteiger partial charge is 0.495 e. The molecule has 2 unspecified atom stereocenters. The summed E-state index contributed by atoms with van der Waals surface area (Å²) in [6.07, 6.45) is 1.10. The fourth-order valence-electron chi connectivity index (χ4n) is 2.03. The zero-order valence-corrected chi connectivity index (χ0v) is 12.9. The van der Waals surface area contributed by atoms with Crippen LogP contribution in [0, 0.1) is 5.92 Å². The number of carbonyl (C=O) groups is 1. The molecule has 0 aromatic carbocycles. The predicted molar refractivity (Wildman–Crippen MR) is 76.5 cm³/mol. The molecule has 0 saturated carbocycles. The maximum Gasteiger partial charge on any atom is 0.261 e. The van der Waals surface area contributed by atoms with Gasteiger partial charge in [0.15, 0.2) is 0 Å². The molecule has 1 saturated heterocycles. The molecule has 2 heterocycles. The number of halogens is 1. The molecule has 18 heavy (non-hydrogen) atoms. The first-order valence-corrected chi connectivity index (χ1v) is 7.57. The van der Waals surface area contributed by atoms with Crippen LogP contribution in [0.15, 0.2) is 9.85 Å². The smallest absolute Gasteiger partial charge is 0.261 e. The Bertz CT molecular complexity index is 436. The molecular formula is C12H17BrN2O2S. The minimum atomic E-state index is -0.0236. The Kier molecular flexibility index (Phi) is 4.64. The number of rotatable bonds is 3. The minimum absolute atomic E-state index is 0.0236. The van der Waals surface area contributed by atoms with Gasteiger partial charge in [-0.2, -0.15) is 0 Å². The summed E-state index contributed by atoms with van der Waals surface area (Å²) in [4.78, 5) is 12.8. The molecule has 0 bridgehead atoms. The van der Waals surface area contributed by atoms with Crippen LogP contribution in [0.3, 0.4) is 0 Å². The fraction of sp³-hybridized carbons (Fsp3) is 0.583. The summed E-state index contributed by atoms with van der Waals surface area (Å²) in [7, 11) is 1.60. The van der Waals surface area contributed by atoms with Crippen LogP contribution in [0.1, 0.15) is 23.0 Å². The highest BCUT2D eigenvalue weighted by molar-refractivity contribution is 9.11. The lowest BCUT2D eigenvalue weighted by Gasteiger charge is -2.30. The molecule has 2 rings (SSSR count). The number of nitrogens with one attached hydrogen (secondary N) is 2. The van der Waals surface area contributed by atoms with Crippen molar-refractivity contribution < 1.29 is 9.53 Å². The number of piperidine rings is 1. The van der Waals surface area contributed by atoms with Gasteiger partial charge in [-0.3, -0.25) is 4.79 Å². The molecule has 1 fully saturated rings. The first-order valence-electron chi connectivity index (χ1n) is 5.96. The van der Waals surface area contributed by atoms with Crippen LogP contribution in [0.2, 0.25) is 0 Å². The number of amides is 1. The number of methoxy groups -OCH3 is 1. The van der Waals surface area contributed by atoms with Crippen LogP contribution in [0.25, 0.3) is 0 Å². The SMILES string of the molecule is COc1cc(C(=O)NC2CNCCC2C)sc1Br. The van der Waals surface area contributed by atoms with Crippen LogP contribution < -0.4 is 15.4 Å². The highest BCUT2D eigenvalue weighted by Crippen LogP contribution is 2.34. The predicted octanol–water partition coefficient (Wildman–Crippen LogP) is 2.25. The molecule has 6 heteroatoms. The monoisotopic (exact) mass is 332 g/mol. The van der Waals surface area contributed by atoms with Crippen molar-refractivity contribution in [1.29, 1.82) is 0 Å². The van der Waals surface area contributed by atoms with Crippen molar-refractivity contribution in [2.75, 3.05) is 20.2 Å². The van der Waals surface area contributed by atoms with Gasteiger partial charge in [0.25, 0.3) is 5.91 Å². The maximum atomic E-state index is 12.1. The van der Waals surface area contributed by atoms with Crippen LogP contribution in [-0.4, -0.2) is 32.1 Å². The van der Waals surface area contributed by atoms with Crippen molar-refractivity contribution in [2.45, 2.75) is 19.4 Å². The van der Waals surface area contributed by atoms with Gasteiger partial charge in [-0.1, -0.05) is 6.92 Å². The zero-order valence-electron chi connectivity index (χ0n) is 10.5. The number of ether oxygens (including phenoxy) is 1. The van der Waals surface area contributed by atoms with E-state index < -0.39 is 0 Å². The summed E-state index contributed by atoms with van der Waals surface area (Å²) < 4.78 is 6.01. The van der Waals surface area contributed by atoms with Crippen LogP contribution in [0.5, 0.6) is 5.75 Å². The summed E-state index contributed by atoms with van der Waals surface area (Å²) >= 11 is 4.78. The molecule has 1 aliphatic heterocycles. The van der Waals surface area contributed by atoms with Gasteiger partial charge in [-0.15, -0.1) is 11.3 Å². The van der Waals surface area contributed by atoms with Gasteiger partial charge in [-0.25, -0.2) is 0 Å². The van der Waals surface area contributed by atoms with E-state index in [-0.39, 0.29) is 11.9 Å². The normalized spacial score (nSPS) is 23.7. The average Bonchev–Trinajstić information content (AvgIpc) is 2.73. The molecule has 2 N–H and O–H groups in total. The Morgan fingerprint density at radius 2 is 2.44 bits per heavy atom. The van der Waals surface area contributed by atoms with Gasteiger partial charge in [0.2, 0.25) is 0 Å². The number of hydrogen-bond donors (Lipinski definition) is 2. The van der Waals surface area contributed by atoms with E-state index in [0.29, 0.717) is 16.5 Å². The zero-order chi connectivity index (χ0) is 13.1. The Morgan fingerprint density at radius 1 is 1.67 bits per heavy atom. The Balaban J connectivity index is 2.02. The molecular weight excluding hydrogens is 316 g/mol. The molecule has 0 spiro atoms. The highest BCUT2D eigenvalue weighted by Gasteiger charge is 2.24.